The molecule has 0 heterocycles. The molecule has 0 bridgehead atoms. The van der Waals surface area contributed by atoms with Crippen LogP contribution in [0.1, 0.15) is 19.3 Å². The highest BCUT2D eigenvalue weighted by Gasteiger charge is 2.04. The van der Waals surface area contributed by atoms with Gasteiger partial charge in [-0.1, -0.05) is 38.0 Å². The van der Waals surface area contributed by atoms with Crippen molar-refractivity contribution in [1.29, 1.82) is 0 Å². The van der Waals surface area contributed by atoms with Gasteiger partial charge in [-0.05, 0) is 30.3 Å². The number of carbonyl (C=O) groups excluding carboxylic acids is 1. The highest BCUT2D eigenvalue weighted by molar-refractivity contribution is 8.13. The first-order valence-corrected chi connectivity index (χ1v) is 5.83. The van der Waals surface area contributed by atoms with Crippen LogP contribution in [0.2, 0.25) is 0 Å². The van der Waals surface area contributed by atoms with E-state index in [1.54, 1.807) is 0 Å². The third kappa shape index (κ3) is 5.47. The van der Waals surface area contributed by atoms with E-state index >= 15 is 0 Å². The first-order chi connectivity index (χ1) is 7.33. The minimum atomic E-state index is -0.231. The van der Waals surface area contributed by atoms with Crippen LogP contribution in [0, 0.1) is 6.92 Å². The van der Waals surface area contributed by atoms with E-state index in [1.807, 2.05) is 30.3 Å². The van der Waals surface area contributed by atoms with E-state index in [2.05, 4.69) is 6.92 Å². The second-order valence-electron chi connectivity index (χ2n) is 3.07. The Balaban J connectivity index is 2.19. The molecule has 0 fully saturated rings. The molecule has 81 valence electrons. The van der Waals surface area contributed by atoms with Gasteiger partial charge in [0, 0.05) is 4.90 Å². The molecule has 1 aromatic rings. The summed E-state index contributed by atoms with van der Waals surface area (Å²) in [6.07, 6.45) is 2.79. The zero-order valence-corrected chi connectivity index (χ0v) is 9.46. The summed E-state index contributed by atoms with van der Waals surface area (Å²) < 4.78 is 5.04. The molecule has 0 saturated carbocycles. The van der Waals surface area contributed by atoms with Gasteiger partial charge in [-0.25, -0.2) is 4.79 Å². The van der Waals surface area contributed by atoms with Gasteiger partial charge in [0.1, 0.15) is 0 Å². The standard InChI is InChI=1S/C12H15O2S/c1-2-3-7-10-14-12(13)15-11-8-5-4-6-9-11/h4-6,8-9H,1-3,7,10H2. The van der Waals surface area contributed by atoms with Crippen LogP contribution < -0.4 is 0 Å². The molecule has 0 atom stereocenters. The van der Waals surface area contributed by atoms with Crippen LogP contribution in [0.5, 0.6) is 0 Å². The molecule has 0 amide bonds. The fourth-order valence-corrected chi connectivity index (χ4v) is 1.68. The molecule has 0 aliphatic rings. The van der Waals surface area contributed by atoms with Crippen molar-refractivity contribution in [3.8, 4) is 0 Å². The number of benzene rings is 1. The molecule has 0 saturated heterocycles. The third-order valence-corrected chi connectivity index (χ3v) is 2.60. The lowest BCUT2D eigenvalue weighted by Crippen LogP contribution is -1.99. The average molecular weight is 223 g/mol. The van der Waals surface area contributed by atoms with Crippen LogP contribution in [0.3, 0.4) is 0 Å². The third-order valence-electron chi connectivity index (χ3n) is 1.81. The number of unbranched alkanes of at least 4 members (excludes halogenated alkanes) is 2. The summed E-state index contributed by atoms with van der Waals surface area (Å²) in [5, 5.41) is -0.231. The van der Waals surface area contributed by atoms with Crippen LogP contribution in [0.4, 0.5) is 4.79 Å². The minimum Gasteiger partial charge on any atom is -0.457 e. The van der Waals surface area contributed by atoms with Crippen molar-refractivity contribution in [1.82, 2.24) is 0 Å². The molecule has 1 rings (SSSR count). The molecular formula is C12H15O2S. The number of ether oxygens (including phenoxy) is 1. The first-order valence-electron chi connectivity index (χ1n) is 5.02. The predicted octanol–water partition coefficient (Wildman–Crippen LogP) is 3.92. The van der Waals surface area contributed by atoms with Gasteiger partial charge in [0.15, 0.2) is 0 Å². The van der Waals surface area contributed by atoms with Gasteiger partial charge in [0.2, 0.25) is 0 Å². The second-order valence-corrected chi connectivity index (χ2v) is 4.08. The number of hydrogen-bond acceptors (Lipinski definition) is 3. The van der Waals surface area contributed by atoms with Gasteiger partial charge in [-0.15, -0.1) is 0 Å². The second kappa shape index (κ2) is 7.35. The summed E-state index contributed by atoms with van der Waals surface area (Å²) in [6.45, 7) is 4.22. The molecule has 1 radical (unpaired) electrons. The Hall–Kier alpha value is -0.960. The van der Waals surface area contributed by atoms with Crippen LogP contribution in [0.25, 0.3) is 0 Å². The van der Waals surface area contributed by atoms with E-state index in [0.717, 1.165) is 35.9 Å². The predicted molar refractivity (Wildman–Crippen MR) is 62.9 cm³/mol. The lowest BCUT2D eigenvalue weighted by Gasteiger charge is -2.03. The lowest BCUT2D eigenvalue weighted by molar-refractivity contribution is 0.173. The van der Waals surface area contributed by atoms with Crippen molar-refractivity contribution >= 4 is 17.1 Å². The molecule has 1 aromatic carbocycles. The Kier molecular flexibility index (Phi) is 5.93. The molecule has 3 heteroatoms. The molecule has 0 aliphatic carbocycles. The summed E-state index contributed by atoms with van der Waals surface area (Å²) in [7, 11) is 0. The highest BCUT2D eigenvalue weighted by atomic mass is 32.2. The van der Waals surface area contributed by atoms with E-state index in [1.165, 1.54) is 0 Å². The Labute approximate surface area is 95.0 Å². The molecule has 15 heavy (non-hydrogen) atoms. The Bertz CT molecular complexity index is 285. The minimum absolute atomic E-state index is 0.231. The quantitative estimate of drug-likeness (QED) is 0.430. The molecular weight excluding hydrogens is 208 g/mol. The van der Waals surface area contributed by atoms with E-state index in [4.69, 9.17) is 4.74 Å². The fourth-order valence-electron chi connectivity index (χ4n) is 1.05. The van der Waals surface area contributed by atoms with Crippen molar-refractivity contribution in [3.63, 3.8) is 0 Å². The molecule has 0 N–H and O–H groups in total. The molecule has 0 aromatic heterocycles. The van der Waals surface area contributed by atoms with E-state index in [9.17, 15) is 4.79 Å². The molecule has 0 spiro atoms. The number of thioether (sulfide) groups is 1. The Morgan fingerprint density at radius 1 is 1.27 bits per heavy atom. The van der Waals surface area contributed by atoms with Crippen molar-refractivity contribution in [3.05, 3.63) is 37.3 Å². The van der Waals surface area contributed by atoms with Crippen molar-refractivity contribution < 1.29 is 9.53 Å². The van der Waals surface area contributed by atoms with Crippen LogP contribution in [-0.4, -0.2) is 11.9 Å². The topological polar surface area (TPSA) is 26.3 Å². The summed E-state index contributed by atoms with van der Waals surface area (Å²) in [5.74, 6) is 0. The van der Waals surface area contributed by atoms with Crippen molar-refractivity contribution in [2.24, 2.45) is 0 Å². The maximum atomic E-state index is 11.3. The lowest BCUT2D eigenvalue weighted by atomic mass is 10.3. The van der Waals surface area contributed by atoms with Gasteiger partial charge >= 0.3 is 5.30 Å². The highest BCUT2D eigenvalue weighted by Crippen LogP contribution is 2.19. The summed E-state index contributed by atoms with van der Waals surface area (Å²) >= 11 is 1.12. The normalized spacial score (nSPS) is 9.93. The van der Waals surface area contributed by atoms with Gasteiger partial charge in [-0.3, -0.25) is 0 Å². The van der Waals surface area contributed by atoms with Crippen LogP contribution in [0.15, 0.2) is 35.2 Å². The van der Waals surface area contributed by atoms with Gasteiger partial charge in [0.25, 0.3) is 0 Å². The molecule has 2 nitrogen and oxygen atoms in total. The number of carbonyl (C=O) groups is 1. The Morgan fingerprint density at radius 2 is 2.00 bits per heavy atom. The summed E-state index contributed by atoms with van der Waals surface area (Å²) in [6, 6.07) is 9.50. The maximum Gasteiger partial charge on any atom is 0.372 e. The van der Waals surface area contributed by atoms with Crippen LogP contribution in [-0.2, 0) is 4.74 Å². The number of rotatable bonds is 5. The SMILES string of the molecule is [CH2]CCCCOC(=O)Sc1ccccc1. The van der Waals surface area contributed by atoms with Crippen molar-refractivity contribution in [2.75, 3.05) is 6.61 Å². The van der Waals surface area contributed by atoms with Gasteiger partial charge in [0.05, 0.1) is 6.61 Å². The van der Waals surface area contributed by atoms with E-state index in [0.29, 0.717) is 6.61 Å². The zero-order chi connectivity index (χ0) is 10.9. The van der Waals surface area contributed by atoms with Crippen molar-refractivity contribution in [2.45, 2.75) is 24.2 Å². The first kappa shape index (κ1) is 12.1. The van der Waals surface area contributed by atoms with Crippen LogP contribution >= 0.6 is 11.8 Å². The average Bonchev–Trinajstić information content (AvgIpc) is 2.26. The van der Waals surface area contributed by atoms with Gasteiger partial charge in [-0.2, -0.15) is 0 Å². The fraction of sp³-hybridized carbons (Fsp3) is 0.333. The smallest absolute Gasteiger partial charge is 0.372 e. The largest absolute Gasteiger partial charge is 0.457 e. The molecule has 0 aliphatic heterocycles. The number of hydrogen-bond donors (Lipinski definition) is 0. The summed E-state index contributed by atoms with van der Waals surface area (Å²) in [4.78, 5) is 12.2. The monoisotopic (exact) mass is 223 g/mol. The van der Waals surface area contributed by atoms with E-state index < -0.39 is 0 Å². The molecule has 0 unspecified atom stereocenters. The summed E-state index contributed by atoms with van der Waals surface area (Å²) in [5.41, 5.74) is 0. The Morgan fingerprint density at radius 3 is 2.67 bits per heavy atom. The zero-order valence-electron chi connectivity index (χ0n) is 8.65. The van der Waals surface area contributed by atoms with E-state index in [-0.39, 0.29) is 5.30 Å². The van der Waals surface area contributed by atoms with Gasteiger partial charge < -0.3 is 4.74 Å². The maximum absolute atomic E-state index is 11.3.